The molecule has 0 atom stereocenters. The highest BCUT2D eigenvalue weighted by molar-refractivity contribution is 7.98. The van der Waals surface area contributed by atoms with E-state index >= 15 is 0 Å². The number of aliphatic hydroxyl groups excluding tert-OH is 2. The summed E-state index contributed by atoms with van der Waals surface area (Å²) in [6.45, 7) is -0.0780. The SMILES string of the molecule is COc1cc(CO)ccc1S(C)(=O)=O.COc1cc(CO)ccc1SC. The second-order valence-electron chi connectivity index (χ2n) is 5.26. The average Bonchev–Trinajstić information content (AvgIpc) is 2.66. The molecule has 0 bridgehead atoms. The first-order chi connectivity index (χ1) is 12.3. The molecule has 0 fully saturated rings. The number of aliphatic hydroxyl groups is 2. The summed E-state index contributed by atoms with van der Waals surface area (Å²) in [6.07, 6.45) is 3.11. The lowest BCUT2D eigenvalue weighted by Crippen LogP contribution is -2.01. The molecule has 6 nitrogen and oxygen atoms in total. The Hall–Kier alpha value is -1.74. The first-order valence-electron chi connectivity index (χ1n) is 7.60. The lowest BCUT2D eigenvalue weighted by molar-refractivity contribution is 0.280. The van der Waals surface area contributed by atoms with Gasteiger partial charge in [0.05, 0.1) is 27.4 Å². The molecule has 0 heterocycles. The Morgan fingerprint density at radius 2 is 1.42 bits per heavy atom. The molecule has 0 spiro atoms. The molecule has 0 aliphatic carbocycles. The number of hydrogen-bond donors (Lipinski definition) is 2. The lowest BCUT2D eigenvalue weighted by Gasteiger charge is -2.07. The Bertz CT molecular complexity index is 818. The van der Waals surface area contributed by atoms with Crippen molar-refractivity contribution in [3.05, 3.63) is 47.5 Å². The monoisotopic (exact) mass is 400 g/mol. The maximum Gasteiger partial charge on any atom is 0.179 e. The van der Waals surface area contributed by atoms with Gasteiger partial charge in [-0.3, -0.25) is 0 Å². The van der Waals surface area contributed by atoms with Crippen LogP contribution in [0.5, 0.6) is 11.5 Å². The van der Waals surface area contributed by atoms with Crippen LogP contribution in [0.4, 0.5) is 0 Å². The number of sulfone groups is 1. The van der Waals surface area contributed by atoms with Crippen molar-refractivity contribution < 1.29 is 28.1 Å². The van der Waals surface area contributed by atoms with Crippen LogP contribution in [0.3, 0.4) is 0 Å². The van der Waals surface area contributed by atoms with Crippen molar-refractivity contribution in [1.29, 1.82) is 0 Å². The molecule has 0 aliphatic heterocycles. The van der Waals surface area contributed by atoms with Gasteiger partial charge in [-0.25, -0.2) is 8.42 Å². The highest BCUT2D eigenvalue weighted by atomic mass is 32.2. The number of rotatable bonds is 6. The number of benzene rings is 2. The van der Waals surface area contributed by atoms with Crippen LogP contribution in [0.1, 0.15) is 11.1 Å². The van der Waals surface area contributed by atoms with Gasteiger partial charge in [0.1, 0.15) is 16.4 Å². The molecule has 2 aromatic carbocycles. The third-order valence-corrected chi connectivity index (χ3v) is 5.35. The smallest absolute Gasteiger partial charge is 0.179 e. The molecule has 0 saturated heterocycles. The maximum atomic E-state index is 11.3. The Kier molecular flexibility index (Phi) is 8.94. The van der Waals surface area contributed by atoms with Crippen molar-refractivity contribution in [3.8, 4) is 11.5 Å². The number of ether oxygens (including phenoxy) is 2. The molecular weight excluding hydrogens is 376 g/mol. The molecular formula is C18H24O6S2. The summed E-state index contributed by atoms with van der Waals surface area (Å²) in [4.78, 5) is 1.23. The molecule has 26 heavy (non-hydrogen) atoms. The van der Waals surface area contributed by atoms with Gasteiger partial charge in [0, 0.05) is 11.2 Å². The number of methoxy groups -OCH3 is 2. The van der Waals surface area contributed by atoms with Crippen molar-refractivity contribution in [1.82, 2.24) is 0 Å². The fraction of sp³-hybridized carbons (Fsp3) is 0.333. The van der Waals surface area contributed by atoms with Gasteiger partial charge in [-0.2, -0.15) is 0 Å². The third kappa shape index (κ3) is 6.21. The van der Waals surface area contributed by atoms with Crippen LogP contribution >= 0.6 is 11.8 Å². The topological polar surface area (TPSA) is 93.1 Å². The van der Waals surface area contributed by atoms with E-state index in [9.17, 15) is 8.42 Å². The Morgan fingerprint density at radius 3 is 1.85 bits per heavy atom. The Balaban J connectivity index is 0.000000263. The number of thioether (sulfide) groups is 1. The van der Waals surface area contributed by atoms with Crippen molar-refractivity contribution in [2.45, 2.75) is 23.0 Å². The molecule has 0 unspecified atom stereocenters. The molecule has 2 aromatic rings. The number of hydrogen-bond acceptors (Lipinski definition) is 7. The van der Waals surface area contributed by atoms with Crippen LogP contribution < -0.4 is 9.47 Å². The van der Waals surface area contributed by atoms with Crippen molar-refractivity contribution in [2.75, 3.05) is 26.7 Å². The average molecular weight is 401 g/mol. The fourth-order valence-electron chi connectivity index (χ4n) is 2.10. The largest absolute Gasteiger partial charge is 0.496 e. The summed E-state index contributed by atoms with van der Waals surface area (Å²) in [7, 11) is -0.248. The molecule has 2 rings (SSSR count). The van der Waals surface area contributed by atoms with E-state index in [-0.39, 0.29) is 23.9 Å². The summed E-state index contributed by atoms with van der Waals surface area (Å²) >= 11 is 1.63. The van der Waals surface area contributed by atoms with Gasteiger partial charge >= 0.3 is 0 Å². The van der Waals surface area contributed by atoms with Gasteiger partial charge in [0.2, 0.25) is 0 Å². The lowest BCUT2D eigenvalue weighted by atomic mass is 10.2. The fourth-order valence-corrected chi connectivity index (χ4v) is 3.47. The molecule has 8 heteroatoms. The van der Waals surface area contributed by atoms with Crippen molar-refractivity contribution in [3.63, 3.8) is 0 Å². The summed E-state index contributed by atoms with van der Waals surface area (Å²) < 4.78 is 32.6. The molecule has 0 aromatic heterocycles. The van der Waals surface area contributed by atoms with Crippen LogP contribution in [-0.4, -0.2) is 45.4 Å². The molecule has 0 amide bonds. The van der Waals surface area contributed by atoms with Gasteiger partial charge in [0.15, 0.2) is 9.84 Å². The second kappa shape index (κ2) is 10.4. The maximum absolute atomic E-state index is 11.3. The van der Waals surface area contributed by atoms with Crippen LogP contribution in [-0.2, 0) is 23.1 Å². The minimum absolute atomic E-state index is 0.0605. The second-order valence-corrected chi connectivity index (χ2v) is 8.10. The van der Waals surface area contributed by atoms with Crippen LogP contribution in [0, 0.1) is 0 Å². The first-order valence-corrected chi connectivity index (χ1v) is 10.7. The molecule has 2 N–H and O–H groups in total. The van der Waals surface area contributed by atoms with E-state index in [2.05, 4.69) is 0 Å². The predicted octanol–water partition coefficient (Wildman–Crippen LogP) is 2.50. The van der Waals surface area contributed by atoms with E-state index in [0.717, 1.165) is 22.5 Å². The Morgan fingerprint density at radius 1 is 0.923 bits per heavy atom. The van der Waals surface area contributed by atoms with Gasteiger partial charge in [0.25, 0.3) is 0 Å². The van der Waals surface area contributed by atoms with E-state index in [0.29, 0.717) is 5.56 Å². The normalized spacial score (nSPS) is 10.7. The van der Waals surface area contributed by atoms with Gasteiger partial charge in [-0.15, -0.1) is 11.8 Å². The minimum atomic E-state index is -3.28. The van der Waals surface area contributed by atoms with Crippen molar-refractivity contribution >= 4 is 21.6 Å². The standard InChI is InChI=1S/C9H12O4S.C9H12O2S/c1-13-8-5-7(6-10)3-4-9(8)14(2,11)12;1-11-8-5-7(6-10)3-4-9(8)12-2/h3-5,10H,6H2,1-2H3;3-5,10H,6H2,1-2H3. The van der Waals surface area contributed by atoms with E-state index in [1.807, 2.05) is 24.5 Å². The minimum Gasteiger partial charge on any atom is -0.496 e. The van der Waals surface area contributed by atoms with Crippen LogP contribution in [0.2, 0.25) is 0 Å². The summed E-state index contributed by atoms with van der Waals surface area (Å²) in [5.41, 5.74) is 1.50. The zero-order chi connectivity index (χ0) is 19.7. The van der Waals surface area contributed by atoms with Gasteiger partial charge in [-0.1, -0.05) is 12.1 Å². The van der Waals surface area contributed by atoms with Crippen LogP contribution in [0.15, 0.2) is 46.2 Å². The highest BCUT2D eigenvalue weighted by Gasteiger charge is 2.13. The molecule has 0 radical (unpaired) electrons. The predicted molar refractivity (Wildman–Crippen MR) is 103 cm³/mol. The highest BCUT2D eigenvalue weighted by Crippen LogP contribution is 2.28. The van der Waals surface area contributed by atoms with E-state index < -0.39 is 9.84 Å². The van der Waals surface area contributed by atoms with E-state index in [1.54, 1.807) is 24.9 Å². The molecule has 0 aliphatic rings. The van der Waals surface area contributed by atoms with E-state index in [4.69, 9.17) is 19.7 Å². The van der Waals surface area contributed by atoms with Gasteiger partial charge < -0.3 is 19.7 Å². The quantitative estimate of drug-likeness (QED) is 0.720. The zero-order valence-electron chi connectivity index (χ0n) is 15.2. The van der Waals surface area contributed by atoms with Crippen LogP contribution in [0.25, 0.3) is 0 Å². The molecule has 0 saturated carbocycles. The summed E-state index contributed by atoms with van der Waals surface area (Å²) in [5.74, 6) is 1.09. The van der Waals surface area contributed by atoms with Crippen molar-refractivity contribution in [2.24, 2.45) is 0 Å². The van der Waals surface area contributed by atoms with Gasteiger partial charge in [-0.05, 0) is 41.6 Å². The summed E-state index contributed by atoms with van der Waals surface area (Å²) in [6, 6.07) is 10.2. The zero-order valence-corrected chi connectivity index (χ0v) is 16.9. The summed E-state index contributed by atoms with van der Waals surface area (Å²) in [5, 5.41) is 17.7. The first kappa shape index (κ1) is 22.3. The Labute approximate surface area is 158 Å². The molecule has 144 valence electrons. The third-order valence-electron chi connectivity index (χ3n) is 3.44. The van der Waals surface area contributed by atoms with E-state index in [1.165, 1.54) is 19.2 Å².